The van der Waals surface area contributed by atoms with Gasteiger partial charge in [-0.05, 0) is 18.2 Å². The van der Waals surface area contributed by atoms with Crippen molar-refractivity contribution in [1.29, 1.82) is 5.26 Å². The Labute approximate surface area is 88.0 Å². The third-order valence-electron chi connectivity index (χ3n) is 1.92. The highest BCUT2D eigenvalue weighted by Gasteiger charge is 2.12. The summed E-state index contributed by atoms with van der Waals surface area (Å²) >= 11 is 0. The normalized spacial score (nSPS) is 9.40. The minimum atomic E-state index is -0.229. The van der Waals surface area contributed by atoms with Crippen molar-refractivity contribution in [3.8, 4) is 11.8 Å². The number of hydrogen-bond acceptors (Lipinski definition) is 4. The largest absolute Gasteiger partial charge is 0.497 e. The fraction of sp³-hybridized carbons (Fsp3) is 0.273. The van der Waals surface area contributed by atoms with Gasteiger partial charge in [0.2, 0.25) is 0 Å². The summed E-state index contributed by atoms with van der Waals surface area (Å²) < 4.78 is 9.71. The highest BCUT2D eigenvalue weighted by atomic mass is 16.5. The lowest BCUT2D eigenvalue weighted by Crippen LogP contribution is -2.09. The highest BCUT2D eigenvalue weighted by Crippen LogP contribution is 2.17. The first-order valence-corrected chi connectivity index (χ1v) is 4.33. The summed E-state index contributed by atoms with van der Waals surface area (Å²) in [7, 11) is 2.94. The van der Waals surface area contributed by atoms with E-state index in [0.717, 1.165) is 0 Å². The van der Waals surface area contributed by atoms with Crippen LogP contribution < -0.4 is 4.74 Å². The molecule has 0 aromatic heterocycles. The molecule has 0 saturated heterocycles. The second kappa shape index (κ2) is 5.13. The van der Waals surface area contributed by atoms with Gasteiger partial charge in [0.05, 0.1) is 18.7 Å². The number of carbonyl (C=O) groups excluding carboxylic acids is 1. The van der Waals surface area contributed by atoms with Gasteiger partial charge in [0.15, 0.2) is 5.78 Å². The summed E-state index contributed by atoms with van der Waals surface area (Å²) in [4.78, 5) is 11.6. The number of nitriles is 1. The molecule has 0 aliphatic heterocycles. The van der Waals surface area contributed by atoms with Gasteiger partial charge >= 0.3 is 0 Å². The predicted octanol–water partition coefficient (Wildman–Crippen LogP) is 1.40. The number of rotatable bonds is 4. The van der Waals surface area contributed by atoms with Crippen molar-refractivity contribution in [3.63, 3.8) is 0 Å². The molecule has 4 nitrogen and oxygen atoms in total. The van der Waals surface area contributed by atoms with Crippen molar-refractivity contribution in [1.82, 2.24) is 0 Å². The lowest BCUT2D eigenvalue weighted by atomic mass is 10.0. The molecule has 0 aliphatic rings. The van der Waals surface area contributed by atoms with E-state index in [-0.39, 0.29) is 12.4 Å². The molecule has 15 heavy (non-hydrogen) atoms. The number of Topliss-reactive ketones (excluding diaryl/α,β-unsaturated/α-hetero) is 1. The summed E-state index contributed by atoms with van der Waals surface area (Å²) in [5.41, 5.74) is 0.663. The number of hydrogen-bond donors (Lipinski definition) is 0. The molecule has 0 heterocycles. The minimum Gasteiger partial charge on any atom is -0.497 e. The van der Waals surface area contributed by atoms with E-state index in [1.807, 2.05) is 6.07 Å². The molecule has 0 saturated carbocycles. The van der Waals surface area contributed by atoms with Crippen LogP contribution in [-0.4, -0.2) is 26.6 Å². The van der Waals surface area contributed by atoms with E-state index in [4.69, 9.17) is 14.7 Å². The van der Waals surface area contributed by atoms with Crippen molar-refractivity contribution in [2.24, 2.45) is 0 Å². The first-order chi connectivity index (χ1) is 7.22. The Balaban J connectivity index is 3.13. The van der Waals surface area contributed by atoms with Gasteiger partial charge in [-0.1, -0.05) is 0 Å². The maximum atomic E-state index is 11.6. The third kappa shape index (κ3) is 2.55. The van der Waals surface area contributed by atoms with Gasteiger partial charge in [-0.2, -0.15) is 5.26 Å². The Morgan fingerprint density at radius 2 is 2.20 bits per heavy atom. The maximum Gasteiger partial charge on any atom is 0.189 e. The third-order valence-corrected chi connectivity index (χ3v) is 1.92. The lowest BCUT2D eigenvalue weighted by molar-refractivity contribution is 0.0847. The number of nitrogens with zero attached hydrogens (tertiary/aromatic N) is 1. The van der Waals surface area contributed by atoms with E-state index in [1.54, 1.807) is 18.2 Å². The molecule has 0 radical (unpaired) electrons. The Morgan fingerprint density at radius 1 is 1.47 bits per heavy atom. The average Bonchev–Trinajstić information content (AvgIpc) is 2.28. The van der Waals surface area contributed by atoms with Crippen LogP contribution in [0.2, 0.25) is 0 Å². The molecule has 4 heteroatoms. The Hall–Kier alpha value is -1.86. The molecule has 0 aliphatic carbocycles. The van der Waals surface area contributed by atoms with Gasteiger partial charge < -0.3 is 9.47 Å². The van der Waals surface area contributed by atoms with Crippen LogP contribution in [0.3, 0.4) is 0 Å². The van der Waals surface area contributed by atoms with Gasteiger partial charge in [0.1, 0.15) is 12.4 Å². The first-order valence-electron chi connectivity index (χ1n) is 4.33. The molecule has 0 fully saturated rings. The summed E-state index contributed by atoms with van der Waals surface area (Å²) in [6.07, 6.45) is 0. The van der Waals surface area contributed by atoms with Gasteiger partial charge in [-0.15, -0.1) is 0 Å². The van der Waals surface area contributed by atoms with Crippen LogP contribution in [0.5, 0.6) is 5.75 Å². The first kappa shape index (κ1) is 11.2. The van der Waals surface area contributed by atoms with Crippen LogP contribution in [0.1, 0.15) is 15.9 Å². The summed E-state index contributed by atoms with van der Waals surface area (Å²) in [6, 6.07) is 6.69. The zero-order chi connectivity index (χ0) is 11.3. The number of methoxy groups -OCH3 is 2. The molecule has 0 N–H and O–H groups in total. The van der Waals surface area contributed by atoms with E-state index in [0.29, 0.717) is 16.9 Å². The molecule has 0 amide bonds. The molecule has 0 spiro atoms. The highest BCUT2D eigenvalue weighted by molar-refractivity contribution is 5.99. The fourth-order valence-corrected chi connectivity index (χ4v) is 1.19. The van der Waals surface area contributed by atoms with Gasteiger partial charge in [-0.25, -0.2) is 0 Å². The Kier molecular flexibility index (Phi) is 3.83. The quantitative estimate of drug-likeness (QED) is 0.697. The van der Waals surface area contributed by atoms with Crippen molar-refractivity contribution < 1.29 is 14.3 Å². The zero-order valence-corrected chi connectivity index (χ0v) is 8.61. The smallest absolute Gasteiger partial charge is 0.189 e. The van der Waals surface area contributed by atoms with Crippen LogP contribution >= 0.6 is 0 Å². The van der Waals surface area contributed by atoms with Gasteiger partial charge in [0.25, 0.3) is 0 Å². The molecule has 1 aromatic rings. The molecule has 1 rings (SSSR count). The molecule has 1 aromatic carbocycles. The van der Waals surface area contributed by atoms with E-state index in [9.17, 15) is 4.79 Å². The maximum absolute atomic E-state index is 11.6. The molecule has 0 bridgehead atoms. The predicted molar refractivity (Wildman–Crippen MR) is 53.9 cm³/mol. The number of ether oxygens (including phenoxy) is 2. The molecule has 78 valence electrons. The van der Waals surface area contributed by atoms with E-state index < -0.39 is 0 Å². The Morgan fingerprint density at radius 3 is 2.73 bits per heavy atom. The van der Waals surface area contributed by atoms with E-state index >= 15 is 0 Å². The van der Waals surface area contributed by atoms with Crippen LogP contribution in [0.25, 0.3) is 0 Å². The second-order valence-electron chi connectivity index (χ2n) is 2.88. The number of carbonyl (C=O) groups is 1. The summed E-state index contributed by atoms with van der Waals surface area (Å²) in [5, 5.41) is 8.82. The molecule has 0 unspecified atom stereocenters. The van der Waals surface area contributed by atoms with Gasteiger partial charge in [-0.3, -0.25) is 4.79 Å². The molecule has 0 atom stereocenters. The fourth-order valence-electron chi connectivity index (χ4n) is 1.19. The second-order valence-corrected chi connectivity index (χ2v) is 2.88. The van der Waals surface area contributed by atoms with Crippen molar-refractivity contribution in [3.05, 3.63) is 29.3 Å². The summed E-state index contributed by atoms with van der Waals surface area (Å²) in [5.74, 6) is 0.321. The van der Waals surface area contributed by atoms with Crippen molar-refractivity contribution in [2.45, 2.75) is 0 Å². The number of benzene rings is 1. The molecular weight excluding hydrogens is 194 g/mol. The summed E-state index contributed by atoms with van der Waals surface area (Å²) in [6.45, 7) is -0.0398. The van der Waals surface area contributed by atoms with Crippen LogP contribution in [-0.2, 0) is 4.74 Å². The minimum absolute atomic E-state index is 0.0398. The number of ketones is 1. The average molecular weight is 205 g/mol. The lowest BCUT2D eigenvalue weighted by Gasteiger charge is -2.05. The molecular formula is C11H11NO3. The van der Waals surface area contributed by atoms with Crippen molar-refractivity contribution in [2.75, 3.05) is 20.8 Å². The zero-order valence-electron chi connectivity index (χ0n) is 8.61. The van der Waals surface area contributed by atoms with Gasteiger partial charge in [0, 0.05) is 12.7 Å². The van der Waals surface area contributed by atoms with Crippen LogP contribution in [0.4, 0.5) is 0 Å². The Bertz CT molecular complexity index is 407. The standard InChI is InChI=1S/C11H11NO3/c1-14-7-11(13)10-5-9(15-2)4-3-8(10)6-12/h3-5H,7H2,1-2H3. The monoisotopic (exact) mass is 205 g/mol. The van der Waals surface area contributed by atoms with Crippen LogP contribution in [0.15, 0.2) is 18.2 Å². The topological polar surface area (TPSA) is 59.3 Å². The SMILES string of the molecule is COCC(=O)c1cc(OC)ccc1C#N. The van der Waals surface area contributed by atoms with Crippen LogP contribution in [0, 0.1) is 11.3 Å². The van der Waals surface area contributed by atoms with Crippen molar-refractivity contribution >= 4 is 5.78 Å². The van der Waals surface area contributed by atoms with E-state index in [1.165, 1.54) is 14.2 Å². The van der Waals surface area contributed by atoms with E-state index in [2.05, 4.69) is 0 Å².